The zero-order chi connectivity index (χ0) is 19.7. The highest BCUT2D eigenvalue weighted by molar-refractivity contribution is 5.79. The van der Waals surface area contributed by atoms with E-state index >= 15 is 0 Å². The quantitative estimate of drug-likeness (QED) is 0.453. The molecule has 2 heterocycles. The number of hydrogen-bond donors (Lipinski definition) is 3. The zero-order valence-electron chi connectivity index (χ0n) is 16.6. The number of aliphatic hydroxyl groups excluding tert-OH is 1. The zero-order valence-corrected chi connectivity index (χ0v) is 16.6. The van der Waals surface area contributed by atoms with Crippen molar-refractivity contribution in [3.8, 4) is 5.69 Å². The summed E-state index contributed by atoms with van der Waals surface area (Å²) in [5.74, 6) is 0.819. The normalized spacial score (nSPS) is 19.7. The molecule has 1 aliphatic rings. The Kier molecular flexibility index (Phi) is 7.45. The van der Waals surface area contributed by atoms with Gasteiger partial charge in [0.15, 0.2) is 5.96 Å². The number of hydrogen-bond acceptors (Lipinski definition) is 4. The van der Waals surface area contributed by atoms with E-state index in [1.165, 1.54) is 5.56 Å². The third-order valence-corrected chi connectivity index (χ3v) is 5.16. The van der Waals surface area contributed by atoms with Crippen molar-refractivity contribution < 1.29 is 9.84 Å². The summed E-state index contributed by atoms with van der Waals surface area (Å²) < 4.78 is 7.41. The Morgan fingerprint density at radius 3 is 2.82 bits per heavy atom. The highest BCUT2D eigenvalue weighted by Crippen LogP contribution is 2.32. The standard InChI is InChI=1S/C21H31N5O2/c1-2-22-20(24-16-21(9-14-27)10-15-28-17-21)23-12-8-18-4-6-19(7-5-18)26-13-3-11-25-26/h3-7,11,13,27H,2,8-10,12,14-17H2,1H3,(H2,22,23,24). The average molecular weight is 386 g/mol. The van der Waals surface area contributed by atoms with Gasteiger partial charge >= 0.3 is 0 Å². The van der Waals surface area contributed by atoms with Crippen LogP contribution in [0.15, 0.2) is 47.7 Å². The summed E-state index contributed by atoms with van der Waals surface area (Å²) in [6.45, 7) is 5.96. The van der Waals surface area contributed by atoms with E-state index in [2.05, 4.69) is 46.9 Å². The van der Waals surface area contributed by atoms with Crippen molar-refractivity contribution in [3.63, 3.8) is 0 Å². The van der Waals surface area contributed by atoms with Gasteiger partial charge in [0.25, 0.3) is 0 Å². The summed E-state index contributed by atoms with van der Waals surface area (Å²) in [4.78, 5) is 4.76. The Labute approximate surface area is 166 Å². The van der Waals surface area contributed by atoms with Crippen LogP contribution in [0.1, 0.15) is 25.3 Å². The van der Waals surface area contributed by atoms with Gasteiger partial charge < -0.3 is 20.5 Å². The van der Waals surface area contributed by atoms with Gasteiger partial charge in [-0.1, -0.05) is 12.1 Å². The molecule has 1 saturated heterocycles. The Morgan fingerprint density at radius 1 is 1.32 bits per heavy atom. The third kappa shape index (κ3) is 5.56. The molecule has 0 amide bonds. The van der Waals surface area contributed by atoms with Gasteiger partial charge in [-0.15, -0.1) is 0 Å². The number of ether oxygens (including phenoxy) is 1. The highest BCUT2D eigenvalue weighted by Gasteiger charge is 2.34. The van der Waals surface area contributed by atoms with Crippen LogP contribution in [0.4, 0.5) is 0 Å². The third-order valence-electron chi connectivity index (χ3n) is 5.16. The fraction of sp³-hybridized carbons (Fsp3) is 0.524. The molecule has 3 rings (SSSR count). The van der Waals surface area contributed by atoms with Crippen molar-refractivity contribution in [2.75, 3.05) is 39.5 Å². The molecule has 0 bridgehead atoms. The molecule has 1 fully saturated rings. The molecule has 1 aromatic carbocycles. The van der Waals surface area contributed by atoms with Gasteiger partial charge in [-0.3, -0.25) is 4.99 Å². The maximum absolute atomic E-state index is 9.37. The summed E-state index contributed by atoms with van der Waals surface area (Å²) in [7, 11) is 0. The molecule has 1 aliphatic heterocycles. The van der Waals surface area contributed by atoms with E-state index in [0.29, 0.717) is 13.2 Å². The Morgan fingerprint density at radius 2 is 2.18 bits per heavy atom. The second-order valence-corrected chi connectivity index (χ2v) is 7.27. The number of nitrogens with zero attached hydrogens (tertiary/aromatic N) is 3. The van der Waals surface area contributed by atoms with Gasteiger partial charge in [0.2, 0.25) is 0 Å². The number of rotatable bonds is 9. The van der Waals surface area contributed by atoms with Gasteiger partial charge in [-0.2, -0.15) is 5.10 Å². The first-order valence-corrected chi connectivity index (χ1v) is 10.0. The summed E-state index contributed by atoms with van der Waals surface area (Å²) >= 11 is 0. The lowest BCUT2D eigenvalue weighted by Gasteiger charge is -2.24. The van der Waals surface area contributed by atoms with E-state index in [1.54, 1.807) is 6.20 Å². The van der Waals surface area contributed by atoms with Gasteiger partial charge in [0, 0.05) is 44.1 Å². The van der Waals surface area contributed by atoms with E-state index < -0.39 is 0 Å². The van der Waals surface area contributed by atoms with Crippen LogP contribution in [-0.4, -0.2) is 60.3 Å². The molecule has 0 aliphatic carbocycles. The first kappa shape index (κ1) is 20.4. The monoisotopic (exact) mass is 385 g/mol. The molecule has 0 spiro atoms. The van der Waals surface area contributed by atoms with Gasteiger partial charge in [-0.05, 0) is 49.9 Å². The Bertz CT molecular complexity index is 722. The number of nitrogens with one attached hydrogen (secondary N) is 2. The van der Waals surface area contributed by atoms with Crippen LogP contribution >= 0.6 is 0 Å². The van der Waals surface area contributed by atoms with Crippen molar-refractivity contribution in [2.45, 2.75) is 26.2 Å². The van der Waals surface area contributed by atoms with Crippen LogP contribution < -0.4 is 10.6 Å². The first-order chi connectivity index (χ1) is 13.7. The first-order valence-electron chi connectivity index (χ1n) is 10.0. The van der Waals surface area contributed by atoms with Crippen molar-refractivity contribution in [2.24, 2.45) is 10.4 Å². The van der Waals surface area contributed by atoms with E-state index in [4.69, 9.17) is 9.73 Å². The maximum Gasteiger partial charge on any atom is 0.191 e. The summed E-state index contributed by atoms with van der Waals surface area (Å²) in [6.07, 6.45) is 6.32. The van der Waals surface area contributed by atoms with Crippen LogP contribution in [0, 0.1) is 5.41 Å². The minimum Gasteiger partial charge on any atom is -0.396 e. The number of aromatic nitrogens is 2. The molecule has 1 aromatic heterocycles. The molecule has 1 atom stereocenters. The minimum absolute atomic E-state index is 0.0283. The largest absolute Gasteiger partial charge is 0.396 e. The second kappa shape index (κ2) is 10.2. The maximum atomic E-state index is 9.37. The molecule has 7 heteroatoms. The number of guanidine groups is 1. The predicted octanol–water partition coefficient (Wildman–Crippen LogP) is 1.76. The lowest BCUT2D eigenvalue weighted by Crippen LogP contribution is -2.39. The van der Waals surface area contributed by atoms with Gasteiger partial charge in [0.1, 0.15) is 0 Å². The molecule has 1 unspecified atom stereocenters. The van der Waals surface area contributed by atoms with Crippen molar-refractivity contribution >= 4 is 5.96 Å². The Balaban J connectivity index is 1.51. The number of benzene rings is 1. The fourth-order valence-electron chi connectivity index (χ4n) is 3.44. The second-order valence-electron chi connectivity index (χ2n) is 7.27. The van der Waals surface area contributed by atoms with E-state index in [-0.39, 0.29) is 12.0 Å². The van der Waals surface area contributed by atoms with Gasteiger partial charge in [-0.25, -0.2) is 4.68 Å². The lowest BCUT2D eigenvalue weighted by molar-refractivity contribution is 0.131. The van der Waals surface area contributed by atoms with Crippen LogP contribution in [-0.2, 0) is 11.2 Å². The van der Waals surface area contributed by atoms with Gasteiger partial charge in [0.05, 0.1) is 18.8 Å². The van der Waals surface area contributed by atoms with Crippen molar-refractivity contribution in [1.29, 1.82) is 0 Å². The molecule has 0 radical (unpaired) electrons. The molecule has 7 nitrogen and oxygen atoms in total. The average Bonchev–Trinajstić information content (AvgIpc) is 3.40. The Hall–Kier alpha value is -2.38. The summed E-state index contributed by atoms with van der Waals surface area (Å²) in [5.41, 5.74) is 2.30. The van der Waals surface area contributed by atoms with Crippen LogP contribution in [0.2, 0.25) is 0 Å². The SMILES string of the molecule is CCNC(=NCC1(CCO)CCOC1)NCCc1ccc(-n2cccn2)cc1. The van der Waals surface area contributed by atoms with E-state index in [0.717, 1.165) is 50.6 Å². The molecule has 0 saturated carbocycles. The van der Waals surface area contributed by atoms with Crippen molar-refractivity contribution in [3.05, 3.63) is 48.3 Å². The molecule has 28 heavy (non-hydrogen) atoms. The van der Waals surface area contributed by atoms with Crippen LogP contribution in [0.5, 0.6) is 0 Å². The lowest BCUT2D eigenvalue weighted by atomic mass is 9.84. The number of aliphatic hydroxyl groups is 1. The van der Waals surface area contributed by atoms with E-state index in [1.807, 2.05) is 16.9 Å². The topological polar surface area (TPSA) is 83.7 Å². The molecular formula is C21H31N5O2. The smallest absolute Gasteiger partial charge is 0.191 e. The minimum atomic E-state index is -0.0283. The van der Waals surface area contributed by atoms with Crippen LogP contribution in [0.25, 0.3) is 5.69 Å². The summed E-state index contributed by atoms with van der Waals surface area (Å²) in [5, 5.41) is 20.3. The number of aliphatic imine (C=N–C) groups is 1. The summed E-state index contributed by atoms with van der Waals surface area (Å²) in [6, 6.07) is 10.4. The molecule has 152 valence electrons. The molecule has 2 aromatic rings. The van der Waals surface area contributed by atoms with Crippen molar-refractivity contribution in [1.82, 2.24) is 20.4 Å². The predicted molar refractivity (Wildman–Crippen MR) is 111 cm³/mol. The molecule has 3 N–H and O–H groups in total. The van der Waals surface area contributed by atoms with E-state index in [9.17, 15) is 5.11 Å². The highest BCUT2D eigenvalue weighted by atomic mass is 16.5. The molecular weight excluding hydrogens is 354 g/mol. The van der Waals surface area contributed by atoms with Crippen LogP contribution in [0.3, 0.4) is 0 Å². The fourth-order valence-corrected chi connectivity index (χ4v) is 3.44.